The minimum absolute atomic E-state index is 0.518. The Kier molecular flexibility index (Phi) is 3.86. The minimum Gasteiger partial charge on any atom is -0.384 e. The van der Waals surface area contributed by atoms with Gasteiger partial charge in [-0.05, 0) is 19.4 Å². The van der Waals surface area contributed by atoms with E-state index in [2.05, 4.69) is 28.1 Å². The molecule has 96 valence electrons. The third-order valence-electron chi connectivity index (χ3n) is 2.59. The summed E-state index contributed by atoms with van der Waals surface area (Å²) in [6.45, 7) is 4.02. The van der Waals surface area contributed by atoms with Crippen molar-refractivity contribution in [2.24, 2.45) is 7.05 Å². The highest BCUT2D eigenvalue weighted by Gasteiger charge is 2.06. The van der Waals surface area contributed by atoms with Gasteiger partial charge in [0.15, 0.2) is 5.16 Å². The van der Waals surface area contributed by atoms with Gasteiger partial charge in [-0.15, -0.1) is 0 Å². The molecule has 0 atom stereocenters. The molecule has 0 radical (unpaired) electrons. The maximum absolute atomic E-state index is 5.70. The van der Waals surface area contributed by atoms with Crippen molar-refractivity contribution in [1.29, 1.82) is 0 Å². The van der Waals surface area contributed by atoms with Crippen LogP contribution in [0.25, 0.3) is 0 Å². The largest absolute Gasteiger partial charge is 0.384 e. The number of anilines is 1. The molecular formula is C12H17N5S. The first kappa shape index (κ1) is 12.9. The lowest BCUT2D eigenvalue weighted by atomic mass is 10.3. The first-order chi connectivity index (χ1) is 8.58. The van der Waals surface area contributed by atoms with Gasteiger partial charge in [0.05, 0.1) is 5.69 Å². The van der Waals surface area contributed by atoms with Gasteiger partial charge in [-0.2, -0.15) is 5.10 Å². The summed E-state index contributed by atoms with van der Waals surface area (Å²) in [6.07, 6.45) is 0.951. The Morgan fingerprint density at radius 3 is 2.72 bits per heavy atom. The smallest absolute Gasteiger partial charge is 0.190 e. The SMILES string of the molecule is CCc1cc(CSc2nc(C)cc(N)n2)n(C)n1. The highest BCUT2D eigenvalue weighted by molar-refractivity contribution is 7.98. The second-order valence-electron chi connectivity index (χ2n) is 4.11. The maximum atomic E-state index is 5.70. The molecule has 0 amide bonds. The van der Waals surface area contributed by atoms with E-state index in [4.69, 9.17) is 5.73 Å². The lowest BCUT2D eigenvalue weighted by Crippen LogP contribution is -1.99. The molecule has 6 heteroatoms. The quantitative estimate of drug-likeness (QED) is 0.674. The maximum Gasteiger partial charge on any atom is 0.190 e. The van der Waals surface area contributed by atoms with Gasteiger partial charge in [0.1, 0.15) is 5.82 Å². The Balaban J connectivity index is 2.08. The van der Waals surface area contributed by atoms with Crippen LogP contribution in [0.1, 0.15) is 24.0 Å². The Bertz CT molecular complexity index is 529. The van der Waals surface area contributed by atoms with Crippen molar-refractivity contribution in [2.75, 3.05) is 5.73 Å². The van der Waals surface area contributed by atoms with Crippen LogP contribution in [0.15, 0.2) is 17.3 Å². The van der Waals surface area contributed by atoms with Crippen molar-refractivity contribution in [3.63, 3.8) is 0 Å². The minimum atomic E-state index is 0.518. The molecule has 0 aliphatic heterocycles. The topological polar surface area (TPSA) is 69.6 Å². The van der Waals surface area contributed by atoms with Crippen molar-refractivity contribution in [2.45, 2.75) is 31.2 Å². The molecule has 2 aromatic heterocycles. The van der Waals surface area contributed by atoms with Crippen LogP contribution in [-0.2, 0) is 19.2 Å². The second-order valence-corrected chi connectivity index (χ2v) is 5.05. The third kappa shape index (κ3) is 3.01. The molecule has 0 saturated heterocycles. The van der Waals surface area contributed by atoms with Crippen LogP contribution in [0.4, 0.5) is 5.82 Å². The third-order valence-corrected chi connectivity index (χ3v) is 3.47. The van der Waals surface area contributed by atoms with Crippen LogP contribution in [0, 0.1) is 6.92 Å². The number of hydrogen-bond donors (Lipinski definition) is 1. The Hall–Kier alpha value is -1.56. The van der Waals surface area contributed by atoms with Gasteiger partial charge in [0, 0.05) is 30.3 Å². The van der Waals surface area contributed by atoms with Crippen LogP contribution in [0.2, 0.25) is 0 Å². The summed E-state index contributed by atoms with van der Waals surface area (Å²) in [5.74, 6) is 1.32. The van der Waals surface area contributed by atoms with Crippen molar-refractivity contribution < 1.29 is 0 Å². The number of rotatable bonds is 4. The zero-order valence-electron chi connectivity index (χ0n) is 10.8. The molecule has 0 bridgehead atoms. The summed E-state index contributed by atoms with van der Waals surface area (Å²) in [4.78, 5) is 8.55. The molecule has 5 nitrogen and oxygen atoms in total. The molecule has 0 fully saturated rings. The number of aromatic nitrogens is 4. The Labute approximate surface area is 111 Å². The first-order valence-corrected chi connectivity index (χ1v) is 6.82. The number of nitrogen functional groups attached to an aromatic ring is 1. The van der Waals surface area contributed by atoms with Crippen molar-refractivity contribution in [1.82, 2.24) is 19.7 Å². The van der Waals surface area contributed by atoms with E-state index in [0.717, 1.165) is 23.6 Å². The number of thioether (sulfide) groups is 1. The van der Waals surface area contributed by atoms with Gasteiger partial charge in [0.2, 0.25) is 0 Å². The molecule has 0 saturated carbocycles. The normalized spacial score (nSPS) is 10.8. The fourth-order valence-corrected chi connectivity index (χ4v) is 2.57. The lowest BCUT2D eigenvalue weighted by Gasteiger charge is -2.03. The number of nitrogens with zero attached hydrogens (tertiary/aromatic N) is 4. The van der Waals surface area contributed by atoms with Crippen molar-refractivity contribution in [3.8, 4) is 0 Å². The van der Waals surface area contributed by atoms with Crippen LogP contribution < -0.4 is 5.73 Å². The molecule has 2 aromatic rings. The average Bonchev–Trinajstić information content (AvgIpc) is 2.66. The van der Waals surface area contributed by atoms with Gasteiger partial charge in [-0.25, -0.2) is 9.97 Å². The van der Waals surface area contributed by atoms with Gasteiger partial charge in [0.25, 0.3) is 0 Å². The van der Waals surface area contributed by atoms with Gasteiger partial charge in [-0.3, -0.25) is 4.68 Å². The predicted molar refractivity (Wildman–Crippen MR) is 73.3 cm³/mol. The molecule has 0 aliphatic rings. The van der Waals surface area contributed by atoms with Crippen LogP contribution in [-0.4, -0.2) is 19.7 Å². The summed E-state index contributed by atoms with van der Waals surface area (Å²) < 4.78 is 1.91. The number of nitrogens with two attached hydrogens (primary N) is 1. The van der Waals surface area contributed by atoms with Gasteiger partial charge < -0.3 is 5.73 Å². The Morgan fingerprint density at radius 2 is 2.11 bits per heavy atom. The summed E-state index contributed by atoms with van der Waals surface area (Å²) >= 11 is 1.58. The Morgan fingerprint density at radius 1 is 1.33 bits per heavy atom. The standard InChI is InChI=1S/C12H17N5S/c1-4-9-6-10(17(3)16-9)7-18-12-14-8(2)5-11(13)15-12/h5-6H,4,7H2,1-3H3,(H2,13,14,15). The van der Waals surface area contributed by atoms with E-state index in [1.807, 2.05) is 18.7 Å². The highest BCUT2D eigenvalue weighted by atomic mass is 32.2. The van der Waals surface area contributed by atoms with E-state index < -0.39 is 0 Å². The van der Waals surface area contributed by atoms with Gasteiger partial charge >= 0.3 is 0 Å². The van der Waals surface area contributed by atoms with Crippen LogP contribution in [0.5, 0.6) is 0 Å². The highest BCUT2D eigenvalue weighted by Crippen LogP contribution is 2.20. The summed E-state index contributed by atoms with van der Waals surface area (Å²) in [5.41, 5.74) is 8.87. The molecule has 0 spiro atoms. The summed E-state index contributed by atoms with van der Waals surface area (Å²) in [6, 6.07) is 3.88. The molecule has 0 aromatic carbocycles. The lowest BCUT2D eigenvalue weighted by molar-refractivity contribution is 0.719. The van der Waals surface area contributed by atoms with E-state index >= 15 is 0 Å². The second kappa shape index (κ2) is 5.39. The molecule has 2 N–H and O–H groups in total. The molecule has 2 heterocycles. The van der Waals surface area contributed by atoms with Crippen molar-refractivity contribution >= 4 is 17.6 Å². The van der Waals surface area contributed by atoms with Crippen LogP contribution in [0.3, 0.4) is 0 Å². The molecule has 18 heavy (non-hydrogen) atoms. The zero-order chi connectivity index (χ0) is 13.1. The molecular weight excluding hydrogens is 246 g/mol. The van der Waals surface area contributed by atoms with E-state index in [0.29, 0.717) is 11.0 Å². The monoisotopic (exact) mass is 263 g/mol. The predicted octanol–water partition coefficient (Wildman–Crippen LogP) is 1.96. The fraction of sp³-hybridized carbons (Fsp3) is 0.417. The average molecular weight is 263 g/mol. The summed E-state index contributed by atoms with van der Waals surface area (Å²) in [7, 11) is 1.96. The fourth-order valence-electron chi connectivity index (χ4n) is 1.65. The molecule has 0 aliphatic carbocycles. The van der Waals surface area contributed by atoms with E-state index in [9.17, 15) is 0 Å². The van der Waals surface area contributed by atoms with E-state index in [1.165, 1.54) is 5.69 Å². The zero-order valence-corrected chi connectivity index (χ0v) is 11.7. The molecule has 2 rings (SSSR count). The van der Waals surface area contributed by atoms with Crippen LogP contribution >= 0.6 is 11.8 Å². The van der Waals surface area contributed by atoms with E-state index in [1.54, 1.807) is 17.8 Å². The van der Waals surface area contributed by atoms with E-state index in [-0.39, 0.29) is 0 Å². The molecule has 0 unspecified atom stereocenters. The number of aryl methyl sites for hydroxylation is 3. The number of hydrogen-bond acceptors (Lipinski definition) is 5. The van der Waals surface area contributed by atoms with Gasteiger partial charge in [-0.1, -0.05) is 18.7 Å². The van der Waals surface area contributed by atoms with Crippen molar-refractivity contribution in [3.05, 3.63) is 29.2 Å². The summed E-state index contributed by atoms with van der Waals surface area (Å²) in [5, 5.41) is 5.13. The first-order valence-electron chi connectivity index (χ1n) is 5.84.